The molecule has 0 aliphatic heterocycles. The molecule has 2 N–H and O–H groups in total. The number of unbranched alkanes of at least 4 members (excludes halogenated alkanes) is 12. The molecule has 0 spiro atoms. The van der Waals surface area contributed by atoms with Crippen LogP contribution in [0.2, 0.25) is 0 Å². The van der Waals surface area contributed by atoms with Crippen LogP contribution in [0.4, 0.5) is 0 Å². The molecule has 0 aliphatic rings. The molecule has 1 unspecified atom stereocenters. The molecule has 0 rings (SSSR count). The third kappa shape index (κ3) is 30.2. The summed E-state index contributed by atoms with van der Waals surface area (Å²) >= 11 is 0. The van der Waals surface area contributed by atoms with E-state index in [1.165, 1.54) is 44.9 Å². The maximum absolute atomic E-state index is 12.3. The number of esters is 2. The summed E-state index contributed by atoms with van der Waals surface area (Å²) in [6.45, 7) is 5.76. The number of allylic oxidation sites excluding steroid dienone is 4. The Kier molecular flexibility index (Phi) is 27.5. The van der Waals surface area contributed by atoms with E-state index in [1.807, 2.05) is 12.2 Å². The average Bonchev–Trinajstić information content (AvgIpc) is 2.98. The second kappa shape index (κ2) is 28.7. The molecule has 256 valence electrons. The van der Waals surface area contributed by atoms with Crippen molar-refractivity contribution in [2.75, 3.05) is 13.2 Å². The average molecular weight is 645 g/mol. The first kappa shape index (κ1) is 42.2. The third-order valence-electron chi connectivity index (χ3n) is 7.49. The summed E-state index contributed by atoms with van der Waals surface area (Å²) in [6.07, 6.45) is 24.6. The molecule has 0 aromatic rings. The van der Waals surface area contributed by atoms with Crippen LogP contribution in [-0.4, -0.2) is 46.8 Å². The van der Waals surface area contributed by atoms with Crippen molar-refractivity contribution < 1.29 is 42.7 Å². The molecule has 0 saturated heterocycles. The van der Waals surface area contributed by atoms with Gasteiger partial charge in [0, 0.05) is 19.3 Å². The molecule has 0 bridgehead atoms. The fourth-order valence-electron chi connectivity index (χ4n) is 4.50. The number of carbonyl (C=O) groups is 3. The first-order valence-corrected chi connectivity index (χ1v) is 18.5. The maximum Gasteiger partial charge on any atom is 0.469 e. The van der Waals surface area contributed by atoms with Crippen LogP contribution in [0.3, 0.4) is 0 Å². The first-order valence-electron chi connectivity index (χ1n) is 17.0. The number of carbonyl (C=O) groups excluding carboxylic acids is 3. The van der Waals surface area contributed by atoms with Gasteiger partial charge in [0.1, 0.15) is 6.61 Å². The molecule has 0 aromatic heterocycles. The van der Waals surface area contributed by atoms with Gasteiger partial charge < -0.3 is 19.3 Å². The highest BCUT2D eigenvalue weighted by Gasteiger charge is 2.22. The monoisotopic (exact) mass is 644 g/mol. The standard InChI is InChI=1S/C34H61O9P/c1-4-6-7-8-9-14-19-24-31(35)25-20-15-12-17-21-26-33(36)41-28-32(29-42-44(38,39)40)43-34(37)27-22-16-11-10-13-18-23-30(3)5-2/h9,14,19,24,30,32H,4-8,10-13,15-18,20-23,25-29H2,1-3H3,(H2,38,39,40)/b14-9-,24-19+/t30?,32-/m1/s1. The Balaban J connectivity index is 4.12. The quantitative estimate of drug-likeness (QED) is 0.0259. The Labute approximate surface area is 266 Å². The van der Waals surface area contributed by atoms with Crippen molar-refractivity contribution in [3.63, 3.8) is 0 Å². The van der Waals surface area contributed by atoms with Gasteiger partial charge in [0.25, 0.3) is 0 Å². The molecule has 10 heteroatoms. The van der Waals surface area contributed by atoms with E-state index < -0.39 is 32.5 Å². The van der Waals surface area contributed by atoms with Gasteiger partial charge in [-0.15, -0.1) is 0 Å². The zero-order valence-electron chi connectivity index (χ0n) is 27.7. The Hall–Kier alpha value is -1.80. The van der Waals surface area contributed by atoms with Crippen LogP contribution in [0.5, 0.6) is 0 Å². The van der Waals surface area contributed by atoms with Crippen LogP contribution < -0.4 is 0 Å². The SMILES string of the molecule is CCCCC/C=C\C=C\C(=O)CCCCCCCC(=O)OC[C@H](COP(=O)(O)O)OC(=O)CCCCCCCCC(C)CC. The second-order valence-corrected chi connectivity index (χ2v) is 13.0. The van der Waals surface area contributed by atoms with Crippen molar-refractivity contribution in [1.29, 1.82) is 0 Å². The van der Waals surface area contributed by atoms with Crippen molar-refractivity contribution in [3.05, 3.63) is 24.3 Å². The van der Waals surface area contributed by atoms with Gasteiger partial charge in [0.2, 0.25) is 0 Å². The van der Waals surface area contributed by atoms with E-state index in [2.05, 4.69) is 31.4 Å². The van der Waals surface area contributed by atoms with Gasteiger partial charge in [-0.3, -0.25) is 18.9 Å². The Morgan fingerprint density at radius 2 is 1.32 bits per heavy atom. The number of hydrogen-bond donors (Lipinski definition) is 2. The number of phosphoric acid groups is 1. The lowest BCUT2D eigenvalue weighted by atomic mass is 10.00. The largest absolute Gasteiger partial charge is 0.469 e. The van der Waals surface area contributed by atoms with E-state index >= 15 is 0 Å². The molecule has 0 amide bonds. The Morgan fingerprint density at radius 3 is 1.93 bits per heavy atom. The highest BCUT2D eigenvalue weighted by molar-refractivity contribution is 7.46. The van der Waals surface area contributed by atoms with Crippen molar-refractivity contribution in [1.82, 2.24) is 0 Å². The smallest absolute Gasteiger partial charge is 0.462 e. The molecule has 2 atom stereocenters. The molecule has 0 fully saturated rings. The summed E-state index contributed by atoms with van der Waals surface area (Å²) in [4.78, 5) is 54.4. The molecule has 9 nitrogen and oxygen atoms in total. The fraction of sp³-hybridized carbons (Fsp3) is 0.794. The minimum atomic E-state index is -4.77. The van der Waals surface area contributed by atoms with Gasteiger partial charge in [-0.05, 0) is 44.1 Å². The summed E-state index contributed by atoms with van der Waals surface area (Å²) in [5, 5.41) is 0. The summed E-state index contributed by atoms with van der Waals surface area (Å²) < 4.78 is 26.1. The first-order chi connectivity index (χ1) is 21.1. The second-order valence-electron chi connectivity index (χ2n) is 11.8. The summed E-state index contributed by atoms with van der Waals surface area (Å²) in [5.74, 6) is -0.0950. The van der Waals surface area contributed by atoms with Crippen molar-refractivity contribution in [2.24, 2.45) is 5.92 Å². The van der Waals surface area contributed by atoms with Crippen LogP contribution in [0.15, 0.2) is 24.3 Å². The lowest BCUT2D eigenvalue weighted by molar-refractivity contribution is -0.161. The molecule has 0 aliphatic carbocycles. The van der Waals surface area contributed by atoms with Crippen LogP contribution in [0.1, 0.15) is 149 Å². The summed E-state index contributed by atoms with van der Waals surface area (Å²) in [5.41, 5.74) is 0. The summed E-state index contributed by atoms with van der Waals surface area (Å²) in [6, 6.07) is 0. The van der Waals surface area contributed by atoms with Gasteiger partial charge >= 0.3 is 19.8 Å². The molecule has 0 heterocycles. The third-order valence-corrected chi connectivity index (χ3v) is 7.97. The Bertz CT molecular complexity index is 850. The van der Waals surface area contributed by atoms with Crippen LogP contribution in [0.25, 0.3) is 0 Å². The highest BCUT2D eigenvalue weighted by Crippen LogP contribution is 2.36. The van der Waals surface area contributed by atoms with Gasteiger partial charge in [0.05, 0.1) is 6.61 Å². The number of phosphoric ester groups is 1. The normalized spacial score (nSPS) is 13.4. The van der Waals surface area contributed by atoms with Crippen molar-refractivity contribution in [2.45, 2.75) is 155 Å². The van der Waals surface area contributed by atoms with Gasteiger partial charge in [0.15, 0.2) is 11.9 Å². The highest BCUT2D eigenvalue weighted by atomic mass is 31.2. The van der Waals surface area contributed by atoms with Crippen molar-refractivity contribution >= 4 is 25.5 Å². The lowest BCUT2D eigenvalue weighted by Crippen LogP contribution is -2.29. The number of ether oxygens (including phenoxy) is 2. The summed E-state index contributed by atoms with van der Waals surface area (Å²) in [7, 11) is -4.77. The molecular weight excluding hydrogens is 583 g/mol. The molecule has 0 saturated carbocycles. The van der Waals surface area contributed by atoms with Gasteiger partial charge in [-0.2, -0.15) is 0 Å². The molecule has 0 radical (unpaired) electrons. The number of rotatable bonds is 30. The van der Waals surface area contributed by atoms with Gasteiger partial charge in [-0.25, -0.2) is 4.57 Å². The minimum Gasteiger partial charge on any atom is -0.462 e. The molecule has 44 heavy (non-hydrogen) atoms. The Morgan fingerprint density at radius 1 is 0.727 bits per heavy atom. The van der Waals surface area contributed by atoms with E-state index in [1.54, 1.807) is 6.08 Å². The van der Waals surface area contributed by atoms with Gasteiger partial charge in [-0.1, -0.05) is 116 Å². The van der Waals surface area contributed by atoms with E-state index in [0.717, 1.165) is 57.3 Å². The maximum atomic E-state index is 12.3. The topological polar surface area (TPSA) is 136 Å². The lowest BCUT2D eigenvalue weighted by Gasteiger charge is -2.18. The van der Waals surface area contributed by atoms with E-state index in [0.29, 0.717) is 19.3 Å². The van der Waals surface area contributed by atoms with Crippen molar-refractivity contribution in [3.8, 4) is 0 Å². The minimum absolute atomic E-state index is 0.118. The predicted octanol–water partition coefficient (Wildman–Crippen LogP) is 8.71. The van der Waals surface area contributed by atoms with Crippen LogP contribution in [-0.2, 0) is 32.9 Å². The zero-order chi connectivity index (χ0) is 32.9. The predicted molar refractivity (Wildman–Crippen MR) is 175 cm³/mol. The van der Waals surface area contributed by atoms with Crippen LogP contribution >= 0.6 is 7.82 Å². The number of ketones is 1. The molecular formula is C34H61O9P. The molecule has 0 aromatic carbocycles. The van der Waals surface area contributed by atoms with E-state index in [4.69, 9.17) is 19.3 Å². The number of hydrogen-bond acceptors (Lipinski definition) is 7. The van der Waals surface area contributed by atoms with E-state index in [9.17, 15) is 18.9 Å². The zero-order valence-corrected chi connectivity index (χ0v) is 28.6. The van der Waals surface area contributed by atoms with Crippen LogP contribution in [0, 0.1) is 5.92 Å². The van der Waals surface area contributed by atoms with E-state index in [-0.39, 0.29) is 25.2 Å². The fourth-order valence-corrected chi connectivity index (χ4v) is 4.87.